The van der Waals surface area contributed by atoms with Crippen LogP contribution in [0.15, 0.2) is 36.1 Å². The van der Waals surface area contributed by atoms with Gasteiger partial charge in [-0.25, -0.2) is 4.98 Å². The molecule has 1 aliphatic heterocycles. The minimum Gasteiger partial charge on any atom is -0.346 e. The van der Waals surface area contributed by atoms with Gasteiger partial charge in [-0.05, 0) is 18.6 Å². The predicted molar refractivity (Wildman–Crippen MR) is 114 cm³/mol. The second-order valence-corrected chi connectivity index (χ2v) is 8.47. The summed E-state index contributed by atoms with van der Waals surface area (Å²) < 4.78 is 4.02. The molecule has 0 bridgehead atoms. The van der Waals surface area contributed by atoms with Gasteiger partial charge in [0.2, 0.25) is 0 Å². The van der Waals surface area contributed by atoms with Gasteiger partial charge in [0.1, 0.15) is 0 Å². The van der Waals surface area contributed by atoms with Gasteiger partial charge in [-0.1, -0.05) is 6.07 Å². The van der Waals surface area contributed by atoms with E-state index in [1.165, 1.54) is 5.69 Å². The number of imidazole rings is 1. The molecular weight excluding hydrogens is 398 g/mol. The maximum Gasteiger partial charge on any atom is 0.272 e. The summed E-state index contributed by atoms with van der Waals surface area (Å²) in [4.78, 5) is 25.0. The Bertz CT molecular complexity index is 1210. The highest BCUT2D eigenvalue weighted by molar-refractivity contribution is 7.15. The number of carbonyl (C=O) groups is 1. The highest BCUT2D eigenvalue weighted by atomic mass is 32.1. The van der Waals surface area contributed by atoms with Crippen LogP contribution in [0.3, 0.4) is 0 Å². The minimum atomic E-state index is -0.140. The Morgan fingerprint density at radius 1 is 1.37 bits per heavy atom. The van der Waals surface area contributed by atoms with E-state index >= 15 is 0 Å². The summed E-state index contributed by atoms with van der Waals surface area (Å²) >= 11 is 1.65. The van der Waals surface area contributed by atoms with Gasteiger partial charge >= 0.3 is 0 Å². The van der Waals surface area contributed by atoms with Crippen molar-refractivity contribution in [3.63, 3.8) is 0 Å². The van der Waals surface area contributed by atoms with Crippen molar-refractivity contribution in [1.82, 2.24) is 34.4 Å². The number of hydrogen-bond acceptors (Lipinski definition) is 6. The van der Waals surface area contributed by atoms with Gasteiger partial charge < -0.3 is 5.32 Å². The fourth-order valence-electron chi connectivity index (χ4n) is 4.08. The van der Waals surface area contributed by atoms with E-state index in [1.54, 1.807) is 23.7 Å². The summed E-state index contributed by atoms with van der Waals surface area (Å²) in [7, 11) is 1.92. The molecule has 5 heterocycles. The molecule has 8 nitrogen and oxygen atoms in total. The molecule has 4 aromatic rings. The molecule has 1 aliphatic rings. The van der Waals surface area contributed by atoms with Crippen LogP contribution in [0.2, 0.25) is 0 Å². The summed E-state index contributed by atoms with van der Waals surface area (Å²) in [5, 5.41) is 9.59. The van der Waals surface area contributed by atoms with E-state index in [0.717, 1.165) is 47.0 Å². The van der Waals surface area contributed by atoms with E-state index in [1.807, 2.05) is 23.9 Å². The number of aromatic nitrogens is 5. The molecule has 0 atom stereocenters. The number of fused-ring (bicyclic) bond motifs is 2. The van der Waals surface area contributed by atoms with Crippen LogP contribution < -0.4 is 5.32 Å². The highest BCUT2D eigenvalue weighted by Gasteiger charge is 2.28. The van der Waals surface area contributed by atoms with Gasteiger partial charge in [0.25, 0.3) is 5.91 Å². The molecule has 1 N–H and O–H groups in total. The zero-order chi connectivity index (χ0) is 20.7. The molecule has 9 heteroatoms. The van der Waals surface area contributed by atoms with E-state index in [2.05, 4.69) is 48.2 Å². The summed E-state index contributed by atoms with van der Waals surface area (Å²) in [5.74, 6) is -0.140. The van der Waals surface area contributed by atoms with Gasteiger partial charge in [0.15, 0.2) is 10.7 Å². The van der Waals surface area contributed by atoms with Gasteiger partial charge in [-0.3, -0.25) is 23.8 Å². The first-order chi connectivity index (χ1) is 14.6. The smallest absolute Gasteiger partial charge is 0.272 e. The number of thiazole rings is 1. The maximum absolute atomic E-state index is 12.9. The van der Waals surface area contributed by atoms with Gasteiger partial charge in [0.05, 0.1) is 11.4 Å². The molecule has 0 radical (unpaired) electrons. The first-order valence-corrected chi connectivity index (χ1v) is 10.8. The molecule has 0 unspecified atom stereocenters. The van der Waals surface area contributed by atoms with E-state index in [0.29, 0.717) is 18.8 Å². The van der Waals surface area contributed by atoms with E-state index in [9.17, 15) is 4.79 Å². The van der Waals surface area contributed by atoms with E-state index in [4.69, 9.17) is 0 Å². The Morgan fingerprint density at radius 2 is 2.27 bits per heavy atom. The normalized spacial score (nSPS) is 14.2. The third kappa shape index (κ3) is 3.40. The zero-order valence-electron chi connectivity index (χ0n) is 17.0. The standard InChI is InChI=1S/C21H23N7OS/c1-14-18(28-8-9-30-21(28)24-14)13-27-7-5-17-16(12-27)19(25-26(17)2)20(29)23-11-15-4-3-6-22-10-15/h3-4,6,8-10H,5,7,11-13H2,1-2H3,(H,23,29). The highest BCUT2D eigenvalue weighted by Crippen LogP contribution is 2.25. The molecule has 1 amide bonds. The van der Waals surface area contributed by atoms with E-state index < -0.39 is 0 Å². The van der Waals surface area contributed by atoms with Gasteiger partial charge in [0, 0.05) is 74.9 Å². The SMILES string of the molecule is Cc1nc2sccn2c1CN1CCc2c(c(C(=O)NCc3cccnc3)nn2C)C1. The van der Waals surface area contributed by atoms with Crippen LogP contribution in [0.1, 0.15) is 38.7 Å². The van der Waals surface area contributed by atoms with Crippen molar-refractivity contribution >= 4 is 22.2 Å². The fraction of sp³-hybridized carbons (Fsp3) is 0.333. The first kappa shape index (κ1) is 19.0. The molecule has 0 spiro atoms. The summed E-state index contributed by atoms with van der Waals surface area (Å²) in [5.41, 5.74) is 5.93. The number of hydrogen-bond donors (Lipinski definition) is 1. The van der Waals surface area contributed by atoms with E-state index in [-0.39, 0.29) is 5.91 Å². The van der Waals surface area contributed by atoms with Crippen molar-refractivity contribution < 1.29 is 4.79 Å². The Balaban J connectivity index is 1.35. The number of aryl methyl sites for hydroxylation is 2. The van der Waals surface area contributed by atoms with Crippen molar-refractivity contribution in [2.24, 2.45) is 7.05 Å². The minimum absolute atomic E-state index is 0.140. The van der Waals surface area contributed by atoms with Crippen LogP contribution in [0.4, 0.5) is 0 Å². The van der Waals surface area contributed by atoms with Crippen molar-refractivity contribution in [1.29, 1.82) is 0 Å². The molecule has 154 valence electrons. The second kappa shape index (κ2) is 7.66. The first-order valence-electron chi connectivity index (χ1n) is 9.95. The number of pyridine rings is 1. The van der Waals surface area contributed by atoms with Crippen molar-refractivity contribution in [3.05, 3.63) is 70.0 Å². The Labute approximate surface area is 178 Å². The van der Waals surface area contributed by atoms with Gasteiger partial charge in [-0.2, -0.15) is 5.10 Å². The molecule has 0 saturated carbocycles. The van der Waals surface area contributed by atoms with Crippen molar-refractivity contribution in [2.75, 3.05) is 6.54 Å². The number of carbonyl (C=O) groups excluding carboxylic acids is 1. The number of amides is 1. The lowest BCUT2D eigenvalue weighted by atomic mass is 10.0. The van der Waals surface area contributed by atoms with Crippen LogP contribution >= 0.6 is 11.3 Å². The molecule has 0 aliphatic carbocycles. The molecule has 0 saturated heterocycles. The van der Waals surface area contributed by atoms with Crippen LogP contribution in [-0.4, -0.2) is 41.5 Å². The number of nitrogens with one attached hydrogen (secondary N) is 1. The van der Waals surface area contributed by atoms with Crippen LogP contribution in [-0.2, 0) is 33.1 Å². The number of rotatable bonds is 5. The quantitative estimate of drug-likeness (QED) is 0.535. The van der Waals surface area contributed by atoms with Crippen LogP contribution in [0.25, 0.3) is 4.96 Å². The predicted octanol–water partition coefficient (Wildman–Crippen LogP) is 2.32. The molecule has 5 rings (SSSR count). The van der Waals surface area contributed by atoms with Crippen molar-refractivity contribution in [3.8, 4) is 0 Å². The zero-order valence-corrected chi connectivity index (χ0v) is 17.8. The lowest BCUT2D eigenvalue weighted by Gasteiger charge is -2.27. The molecular formula is C21H23N7OS. The topological polar surface area (TPSA) is 80.3 Å². The number of nitrogens with zero attached hydrogens (tertiary/aromatic N) is 6. The molecule has 0 fully saturated rings. The monoisotopic (exact) mass is 421 g/mol. The summed E-state index contributed by atoms with van der Waals surface area (Å²) in [6.07, 6.45) is 6.43. The Morgan fingerprint density at radius 3 is 3.10 bits per heavy atom. The second-order valence-electron chi connectivity index (χ2n) is 7.60. The molecule has 0 aromatic carbocycles. The lowest BCUT2D eigenvalue weighted by Crippen LogP contribution is -2.32. The molecule has 4 aromatic heterocycles. The lowest BCUT2D eigenvalue weighted by molar-refractivity contribution is 0.0942. The average molecular weight is 422 g/mol. The molecule has 30 heavy (non-hydrogen) atoms. The van der Waals surface area contributed by atoms with Gasteiger partial charge in [-0.15, -0.1) is 11.3 Å². The average Bonchev–Trinajstić information content (AvgIpc) is 3.42. The third-order valence-electron chi connectivity index (χ3n) is 5.65. The van der Waals surface area contributed by atoms with Crippen LogP contribution in [0, 0.1) is 6.92 Å². The fourth-order valence-corrected chi connectivity index (χ4v) is 4.86. The largest absolute Gasteiger partial charge is 0.346 e. The Kier molecular flexibility index (Phi) is 4.84. The van der Waals surface area contributed by atoms with Crippen molar-refractivity contribution in [2.45, 2.75) is 33.0 Å². The summed E-state index contributed by atoms with van der Waals surface area (Å²) in [6.45, 7) is 4.93. The third-order valence-corrected chi connectivity index (χ3v) is 6.40. The van der Waals surface area contributed by atoms with Crippen LogP contribution in [0.5, 0.6) is 0 Å². The maximum atomic E-state index is 12.9. The Hall–Kier alpha value is -3.04. The summed E-state index contributed by atoms with van der Waals surface area (Å²) in [6, 6.07) is 3.81.